The van der Waals surface area contributed by atoms with Crippen molar-refractivity contribution in [1.82, 2.24) is 9.61 Å². The topological polar surface area (TPSA) is 112 Å². The molecule has 1 saturated carbocycles. The summed E-state index contributed by atoms with van der Waals surface area (Å²) in [6.45, 7) is 8.46. The molecule has 6 rings (SSSR count). The maximum absolute atomic E-state index is 10.5. The Bertz CT molecular complexity index is 1720. The van der Waals surface area contributed by atoms with Gasteiger partial charge in [0.05, 0.1) is 53.9 Å². The summed E-state index contributed by atoms with van der Waals surface area (Å²) in [5, 5.41) is 5.17. The van der Waals surface area contributed by atoms with Crippen molar-refractivity contribution in [2.45, 2.75) is 64.9 Å². The smallest absolute Gasteiger partial charge is 0.294 e. The molecule has 0 radical (unpaired) electrons. The molecule has 262 valence electrons. The lowest BCUT2D eigenvalue weighted by Gasteiger charge is -2.31. The average Bonchev–Trinajstić information content (AvgIpc) is 3.81. The van der Waals surface area contributed by atoms with Gasteiger partial charge in [-0.25, -0.2) is 4.52 Å². The van der Waals surface area contributed by atoms with Crippen LogP contribution in [0.4, 0.5) is 5.69 Å². The molecule has 2 aliphatic rings. The molecular weight excluding hydrogens is 630 g/mol. The van der Waals surface area contributed by atoms with Crippen LogP contribution in [-0.2, 0) is 32.6 Å². The SMILES string of the molecule is C.CCc1nn2c(-c3c(OC)cc(COC)cc3OC)cccc2c1N(CC1CCOCC1)CC1CC1.Cc1ccc(S(=O)(=O)O)cc1. The molecule has 1 aliphatic heterocycles. The second-order valence-electron chi connectivity index (χ2n) is 12.4. The van der Waals surface area contributed by atoms with Gasteiger partial charge >= 0.3 is 0 Å². The average molecular weight is 682 g/mol. The summed E-state index contributed by atoms with van der Waals surface area (Å²) in [7, 11) is 1.08. The van der Waals surface area contributed by atoms with E-state index in [9.17, 15) is 8.42 Å². The number of hydrogen-bond acceptors (Lipinski definition) is 8. The molecule has 0 atom stereocenters. The van der Waals surface area contributed by atoms with Gasteiger partial charge in [-0.3, -0.25) is 4.55 Å². The van der Waals surface area contributed by atoms with Crippen molar-refractivity contribution >= 4 is 21.3 Å². The first-order chi connectivity index (χ1) is 22.7. The van der Waals surface area contributed by atoms with E-state index in [1.807, 2.05) is 19.1 Å². The van der Waals surface area contributed by atoms with Crippen LogP contribution in [0.3, 0.4) is 0 Å². The predicted molar refractivity (Wildman–Crippen MR) is 190 cm³/mol. The molecule has 10 nitrogen and oxygen atoms in total. The molecule has 48 heavy (non-hydrogen) atoms. The summed E-state index contributed by atoms with van der Waals surface area (Å²) in [6.07, 6.45) is 5.81. The minimum atomic E-state index is -4.02. The monoisotopic (exact) mass is 681 g/mol. The summed E-state index contributed by atoms with van der Waals surface area (Å²) in [6, 6.07) is 16.5. The van der Waals surface area contributed by atoms with Gasteiger partial charge < -0.3 is 23.8 Å². The lowest BCUT2D eigenvalue weighted by Crippen LogP contribution is -2.34. The zero-order chi connectivity index (χ0) is 33.6. The molecular formula is C37H51N3O7S. The summed E-state index contributed by atoms with van der Waals surface area (Å²) in [5.74, 6) is 2.96. The fourth-order valence-electron chi connectivity index (χ4n) is 6.16. The molecule has 1 aliphatic carbocycles. The maximum atomic E-state index is 10.5. The molecule has 0 bridgehead atoms. The first-order valence-electron chi connectivity index (χ1n) is 16.3. The quantitative estimate of drug-likeness (QED) is 0.155. The molecule has 1 saturated heterocycles. The molecule has 2 fully saturated rings. The number of ether oxygens (including phenoxy) is 4. The van der Waals surface area contributed by atoms with Crippen LogP contribution < -0.4 is 14.4 Å². The second-order valence-corrected chi connectivity index (χ2v) is 13.8. The van der Waals surface area contributed by atoms with E-state index >= 15 is 0 Å². The van der Waals surface area contributed by atoms with E-state index in [-0.39, 0.29) is 12.3 Å². The van der Waals surface area contributed by atoms with Crippen LogP contribution in [0.2, 0.25) is 0 Å². The Morgan fingerprint density at radius 3 is 2.06 bits per heavy atom. The van der Waals surface area contributed by atoms with E-state index in [0.717, 1.165) is 96.6 Å². The van der Waals surface area contributed by atoms with Crippen molar-refractivity contribution in [3.05, 3.63) is 71.4 Å². The van der Waals surface area contributed by atoms with Crippen molar-refractivity contribution in [3.8, 4) is 22.8 Å². The zero-order valence-electron chi connectivity index (χ0n) is 28.1. The number of hydrogen-bond donors (Lipinski definition) is 1. The van der Waals surface area contributed by atoms with Crippen LogP contribution in [0.1, 0.15) is 56.9 Å². The van der Waals surface area contributed by atoms with Crippen LogP contribution in [0.25, 0.3) is 16.8 Å². The van der Waals surface area contributed by atoms with Gasteiger partial charge in [0.2, 0.25) is 0 Å². The standard InChI is InChI=1S/C29H39N3O4.C7H8O3S.CH4/c1-5-23-29(31(17-20-9-10-20)18-21-11-13-36-14-12-21)25-8-6-7-24(32(25)30-23)28-26(34-3)15-22(19-33-2)16-27(28)35-4;1-6-2-4-7(5-3-6)11(8,9)10;/h6-8,15-16,20-21H,5,9-14,17-19H2,1-4H3;2-5H,1H3,(H,8,9,10);1H4. The largest absolute Gasteiger partial charge is 0.496 e. The predicted octanol–water partition coefficient (Wildman–Crippen LogP) is 7.25. The highest BCUT2D eigenvalue weighted by molar-refractivity contribution is 7.85. The number of methoxy groups -OCH3 is 3. The van der Waals surface area contributed by atoms with Gasteiger partial charge in [0.15, 0.2) is 0 Å². The van der Waals surface area contributed by atoms with Gasteiger partial charge in [-0.05, 0) is 92.8 Å². The van der Waals surface area contributed by atoms with Crippen LogP contribution in [0.5, 0.6) is 11.5 Å². The van der Waals surface area contributed by atoms with Gasteiger partial charge in [-0.2, -0.15) is 13.5 Å². The minimum Gasteiger partial charge on any atom is -0.496 e. The van der Waals surface area contributed by atoms with E-state index in [2.05, 4.69) is 34.5 Å². The summed E-state index contributed by atoms with van der Waals surface area (Å²) >= 11 is 0. The number of fused-ring (bicyclic) bond motifs is 1. The van der Waals surface area contributed by atoms with Crippen molar-refractivity contribution in [3.63, 3.8) is 0 Å². The van der Waals surface area contributed by atoms with Gasteiger partial charge in [0, 0.05) is 33.4 Å². The Hall–Kier alpha value is -3.64. The Morgan fingerprint density at radius 2 is 1.54 bits per heavy atom. The van der Waals surface area contributed by atoms with E-state index < -0.39 is 10.1 Å². The van der Waals surface area contributed by atoms with E-state index in [1.165, 1.54) is 30.7 Å². The number of rotatable bonds is 12. The Balaban J connectivity index is 0.000000370. The molecule has 0 amide bonds. The number of anilines is 1. The molecule has 2 aromatic heterocycles. The van der Waals surface area contributed by atoms with Crippen LogP contribution in [-0.4, -0.2) is 70.2 Å². The summed E-state index contributed by atoms with van der Waals surface area (Å²) < 4.78 is 54.4. The lowest BCUT2D eigenvalue weighted by molar-refractivity contribution is 0.0681. The zero-order valence-corrected chi connectivity index (χ0v) is 28.9. The first-order valence-corrected chi connectivity index (χ1v) is 17.7. The van der Waals surface area contributed by atoms with Gasteiger partial charge in [0.25, 0.3) is 10.1 Å². The van der Waals surface area contributed by atoms with Gasteiger partial charge in [-0.1, -0.05) is 38.1 Å². The van der Waals surface area contributed by atoms with E-state index in [4.69, 9.17) is 28.6 Å². The minimum absolute atomic E-state index is 0. The van der Waals surface area contributed by atoms with Crippen molar-refractivity contribution in [2.24, 2.45) is 11.8 Å². The van der Waals surface area contributed by atoms with Gasteiger partial charge in [0.1, 0.15) is 11.5 Å². The molecule has 0 unspecified atom stereocenters. The fourth-order valence-corrected chi connectivity index (χ4v) is 6.64. The number of aromatic nitrogens is 2. The fraction of sp³-hybridized carbons (Fsp3) is 0.486. The molecule has 3 heterocycles. The Kier molecular flexibility index (Phi) is 12.9. The molecule has 0 spiro atoms. The highest BCUT2D eigenvalue weighted by Crippen LogP contribution is 2.42. The van der Waals surface area contributed by atoms with E-state index in [1.54, 1.807) is 33.5 Å². The maximum Gasteiger partial charge on any atom is 0.294 e. The normalized spacial score (nSPS) is 15.0. The number of benzene rings is 2. The summed E-state index contributed by atoms with van der Waals surface area (Å²) in [5.41, 5.74) is 7.39. The van der Waals surface area contributed by atoms with Gasteiger partial charge in [-0.15, -0.1) is 0 Å². The van der Waals surface area contributed by atoms with Crippen LogP contribution in [0.15, 0.2) is 59.5 Å². The molecule has 1 N–H and O–H groups in total. The Labute approximate surface area is 285 Å². The Morgan fingerprint density at radius 1 is 0.938 bits per heavy atom. The van der Waals surface area contributed by atoms with E-state index in [0.29, 0.717) is 12.5 Å². The number of aryl methyl sites for hydroxylation is 2. The highest BCUT2D eigenvalue weighted by atomic mass is 32.2. The first kappa shape index (κ1) is 37.2. The third kappa shape index (κ3) is 8.87. The van der Waals surface area contributed by atoms with Crippen LogP contribution in [0, 0.1) is 18.8 Å². The molecule has 11 heteroatoms. The van der Waals surface area contributed by atoms with Crippen LogP contribution >= 0.6 is 0 Å². The third-order valence-corrected chi connectivity index (χ3v) is 9.67. The third-order valence-electron chi connectivity index (χ3n) is 8.80. The number of nitrogens with zero attached hydrogens (tertiary/aromatic N) is 3. The molecule has 2 aromatic carbocycles. The van der Waals surface area contributed by atoms with Crippen molar-refractivity contribution in [2.75, 3.05) is 52.5 Å². The summed E-state index contributed by atoms with van der Waals surface area (Å²) in [4.78, 5) is 2.57. The van der Waals surface area contributed by atoms with Crippen molar-refractivity contribution < 1.29 is 31.9 Å². The second kappa shape index (κ2) is 16.6. The lowest BCUT2D eigenvalue weighted by atomic mass is 9.99. The van der Waals surface area contributed by atoms with Crippen molar-refractivity contribution in [1.29, 1.82) is 0 Å². The highest BCUT2D eigenvalue weighted by Gasteiger charge is 2.30. The number of pyridine rings is 1. The molecule has 4 aromatic rings.